The second-order valence-corrected chi connectivity index (χ2v) is 6.77. The molecule has 3 heterocycles. The van der Waals surface area contributed by atoms with Crippen molar-refractivity contribution in [1.29, 1.82) is 0 Å². The number of aryl methyl sites for hydroxylation is 2. The number of carbonyl (C=O) groups is 1. The third kappa shape index (κ3) is 2.20. The van der Waals surface area contributed by atoms with Gasteiger partial charge in [0.25, 0.3) is 11.5 Å². The van der Waals surface area contributed by atoms with Crippen LogP contribution in [0.4, 0.5) is 0 Å². The molecular weight excluding hydrogens is 326 g/mol. The first-order chi connectivity index (χ1) is 11.6. The predicted octanol–water partition coefficient (Wildman–Crippen LogP) is 2.17. The minimum Gasteiger partial charge on any atom is -0.491 e. The number of nitrogens with one attached hydrogen (secondary N) is 1. The number of hydrogen-bond donors (Lipinski definition) is 1. The van der Waals surface area contributed by atoms with Crippen LogP contribution in [0.3, 0.4) is 0 Å². The highest BCUT2D eigenvalue weighted by Crippen LogP contribution is 2.33. The average Bonchev–Trinajstić information content (AvgIpc) is 3.13. The molecule has 0 spiro atoms. The van der Waals surface area contributed by atoms with Gasteiger partial charge in [0.05, 0.1) is 22.6 Å². The van der Waals surface area contributed by atoms with Gasteiger partial charge in [0.1, 0.15) is 17.2 Å². The van der Waals surface area contributed by atoms with Gasteiger partial charge >= 0.3 is 0 Å². The number of thiophene rings is 1. The summed E-state index contributed by atoms with van der Waals surface area (Å²) in [7, 11) is 1.65. The van der Waals surface area contributed by atoms with Crippen molar-refractivity contribution in [3.63, 3.8) is 0 Å². The summed E-state index contributed by atoms with van der Waals surface area (Å²) in [5, 5.41) is 3.51. The van der Waals surface area contributed by atoms with Crippen molar-refractivity contribution in [1.82, 2.24) is 14.9 Å². The fourth-order valence-electron chi connectivity index (χ4n) is 2.93. The summed E-state index contributed by atoms with van der Waals surface area (Å²) in [4.78, 5) is 30.3. The normalized spacial score (nSPS) is 16.0. The lowest BCUT2D eigenvalue weighted by molar-refractivity contribution is 0.0934. The molecule has 1 atom stereocenters. The summed E-state index contributed by atoms with van der Waals surface area (Å²) in [6, 6.07) is 7.47. The van der Waals surface area contributed by atoms with Gasteiger partial charge in [-0.15, -0.1) is 11.3 Å². The van der Waals surface area contributed by atoms with Crippen molar-refractivity contribution < 1.29 is 9.53 Å². The molecule has 4 rings (SSSR count). The van der Waals surface area contributed by atoms with Crippen LogP contribution in [0.25, 0.3) is 10.2 Å². The van der Waals surface area contributed by atoms with E-state index in [1.165, 1.54) is 22.2 Å². The zero-order valence-corrected chi connectivity index (χ0v) is 14.0. The van der Waals surface area contributed by atoms with Gasteiger partial charge in [0, 0.05) is 12.6 Å². The molecule has 1 aromatic carbocycles. The molecule has 6 nitrogen and oxygen atoms in total. The van der Waals surface area contributed by atoms with Crippen LogP contribution in [0.1, 0.15) is 26.8 Å². The third-order valence-electron chi connectivity index (χ3n) is 4.22. The van der Waals surface area contributed by atoms with E-state index in [4.69, 9.17) is 4.74 Å². The van der Waals surface area contributed by atoms with Crippen molar-refractivity contribution in [3.05, 3.63) is 57.0 Å². The van der Waals surface area contributed by atoms with E-state index in [1.54, 1.807) is 14.0 Å². The lowest BCUT2D eigenvalue weighted by atomic mass is 10.1. The van der Waals surface area contributed by atoms with Crippen molar-refractivity contribution in [2.75, 3.05) is 6.61 Å². The molecule has 3 aromatic rings. The number of carbonyl (C=O) groups excluding carboxylic acids is 1. The zero-order chi connectivity index (χ0) is 16.8. The van der Waals surface area contributed by atoms with Crippen molar-refractivity contribution in [2.45, 2.75) is 13.0 Å². The van der Waals surface area contributed by atoms with Crippen LogP contribution in [0, 0.1) is 6.92 Å². The number of nitrogens with zero attached hydrogens (tertiary/aromatic N) is 2. The Morgan fingerprint density at radius 1 is 1.42 bits per heavy atom. The molecule has 122 valence electrons. The SMILES string of the molecule is Cc1c(C(=O)N[C@@H]2COc3ccccc32)sc2ncn(C)c(=O)c12. The Morgan fingerprint density at radius 2 is 2.21 bits per heavy atom. The Kier molecular flexibility index (Phi) is 3.38. The van der Waals surface area contributed by atoms with Crippen LogP contribution in [-0.4, -0.2) is 22.1 Å². The monoisotopic (exact) mass is 341 g/mol. The summed E-state index contributed by atoms with van der Waals surface area (Å²) in [6.07, 6.45) is 1.48. The van der Waals surface area contributed by atoms with Crippen molar-refractivity contribution in [3.8, 4) is 5.75 Å². The van der Waals surface area contributed by atoms with Crippen LogP contribution < -0.4 is 15.6 Å². The van der Waals surface area contributed by atoms with Crippen LogP contribution >= 0.6 is 11.3 Å². The van der Waals surface area contributed by atoms with E-state index in [0.717, 1.165) is 11.3 Å². The molecule has 1 aliphatic heterocycles. The molecule has 0 aliphatic carbocycles. The molecule has 2 aromatic heterocycles. The third-order valence-corrected chi connectivity index (χ3v) is 5.42. The molecule has 1 aliphatic rings. The van der Waals surface area contributed by atoms with Crippen molar-refractivity contribution >= 4 is 27.5 Å². The first-order valence-corrected chi connectivity index (χ1v) is 8.35. The minimum atomic E-state index is -0.206. The summed E-state index contributed by atoms with van der Waals surface area (Å²) in [6.45, 7) is 2.20. The number of rotatable bonds is 2. The van der Waals surface area contributed by atoms with Crippen LogP contribution in [-0.2, 0) is 7.05 Å². The summed E-state index contributed by atoms with van der Waals surface area (Å²) < 4.78 is 7.02. The number of para-hydroxylation sites is 1. The molecule has 0 saturated heterocycles. The lowest BCUT2D eigenvalue weighted by Crippen LogP contribution is -2.29. The summed E-state index contributed by atoms with van der Waals surface area (Å²) >= 11 is 1.24. The molecule has 0 fully saturated rings. The number of fused-ring (bicyclic) bond motifs is 2. The molecule has 0 unspecified atom stereocenters. The molecule has 0 bridgehead atoms. The van der Waals surface area contributed by atoms with E-state index in [-0.39, 0.29) is 17.5 Å². The number of hydrogen-bond acceptors (Lipinski definition) is 5. The largest absolute Gasteiger partial charge is 0.491 e. The second kappa shape index (κ2) is 5.45. The number of benzene rings is 1. The maximum absolute atomic E-state index is 12.7. The van der Waals surface area contributed by atoms with Gasteiger partial charge in [0.15, 0.2) is 0 Å². The van der Waals surface area contributed by atoms with Gasteiger partial charge in [-0.3, -0.25) is 9.59 Å². The van der Waals surface area contributed by atoms with Crippen LogP contribution in [0.5, 0.6) is 5.75 Å². The van der Waals surface area contributed by atoms with Gasteiger partial charge in [-0.1, -0.05) is 18.2 Å². The van der Waals surface area contributed by atoms with E-state index in [0.29, 0.717) is 27.3 Å². The van der Waals surface area contributed by atoms with E-state index in [1.807, 2.05) is 24.3 Å². The topological polar surface area (TPSA) is 73.2 Å². The Balaban J connectivity index is 1.69. The van der Waals surface area contributed by atoms with Gasteiger partial charge < -0.3 is 14.6 Å². The Morgan fingerprint density at radius 3 is 3.04 bits per heavy atom. The zero-order valence-electron chi connectivity index (χ0n) is 13.2. The van der Waals surface area contributed by atoms with Crippen LogP contribution in [0.2, 0.25) is 0 Å². The van der Waals surface area contributed by atoms with Gasteiger partial charge in [-0.25, -0.2) is 4.98 Å². The van der Waals surface area contributed by atoms with E-state index in [9.17, 15) is 9.59 Å². The van der Waals surface area contributed by atoms with Gasteiger partial charge in [-0.05, 0) is 18.6 Å². The minimum absolute atomic E-state index is 0.137. The maximum Gasteiger partial charge on any atom is 0.262 e. The fourth-order valence-corrected chi connectivity index (χ4v) is 3.97. The molecule has 24 heavy (non-hydrogen) atoms. The van der Waals surface area contributed by atoms with Crippen molar-refractivity contribution in [2.24, 2.45) is 7.05 Å². The molecule has 0 radical (unpaired) electrons. The van der Waals surface area contributed by atoms with E-state index < -0.39 is 0 Å². The van der Waals surface area contributed by atoms with Gasteiger partial charge in [-0.2, -0.15) is 0 Å². The molecular formula is C17H15N3O3S. The van der Waals surface area contributed by atoms with Gasteiger partial charge in [0.2, 0.25) is 0 Å². The quantitative estimate of drug-likeness (QED) is 0.775. The first-order valence-electron chi connectivity index (χ1n) is 7.53. The highest BCUT2D eigenvalue weighted by atomic mass is 32.1. The molecule has 7 heteroatoms. The first kappa shape index (κ1) is 14.9. The molecule has 1 N–H and O–H groups in total. The van der Waals surface area contributed by atoms with E-state index >= 15 is 0 Å². The number of amides is 1. The fraction of sp³-hybridized carbons (Fsp3) is 0.235. The average molecular weight is 341 g/mol. The Labute approximate surface area is 141 Å². The standard InChI is InChI=1S/C17H15N3O3S/c1-9-13-16(18-8-20(2)17(13)22)24-14(9)15(21)19-11-7-23-12-6-4-3-5-10(11)12/h3-6,8,11H,7H2,1-2H3,(H,19,21)/t11-/m1/s1. The maximum atomic E-state index is 12.7. The number of aromatic nitrogens is 2. The second-order valence-electron chi connectivity index (χ2n) is 5.77. The predicted molar refractivity (Wildman–Crippen MR) is 91.7 cm³/mol. The Bertz CT molecular complexity index is 1020. The van der Waals surface area contributed by atoms with Crippen LogP contribution in [0.15, 0.2) is 35.4 Å². The number of ether oxygens (including phenoxy) is 1. The van der Waals surface area contributed by atoms with E-state index in [2.05, 4.69) is 10.3 Å². The summed E-state index contributed by atoms with van der Waals surface area (Å²) in [5.74, 6) is 0.592. The summed E-state index contributed by atoms with van der Waals surface area (Å²) in [5.41, 5.74) is 1.51. The smallest absolute Gasteiger partial charge is 0.262 e. The Hall–Kier alpha value is -2.67. The lowest BCUT2D eigenvalue weighted by Gasteiger charge is -2.11. The molecule has 0 saturated carbocycles. The molecule has 1 amide bonds. The highest BCUT2D eigenvalue weighted by Gasteiger charge is 2.27. The highest BCUT2D eigenvalue weighted by molar-refractivity contribution is 7.20.